The number of amides is 1. The number of halogens is 1. The van der Waals surface area contributed by atoms with E-state index < -0.39 is 0 Å². The molecule has 0 spiro atoms. The molecule has 21 heavy (non-hydrogen) atoms. The Kier molecular flexibility index (Phi) is 4.78. The van der Waals surface area contributed by atoms with Gasteiger partial charge in [0, 0.05) is 17.1 Å². The molecule has 1 saturated heterocycles. The van der Waals surface area contributed by atoms with Gasteiger partial charge in [0.1, 0.15) is 12.7 Å². The molecule has 0 N–H and O–H groups in total. The molecular formula is C16H20ClNO3. The van der Waals surface area contributed by atoms with Gasteiger partial charge < -0.3 is 14.4 Å². The van der Waals surface area contributed by atoms with Crippen molar-refractivity contribution in [3.8, 4) is 0 Å². The molecule has 1 aliphatic heterocycles. The first kappa shape index (κ1) is 14.8. The Balaban J connectivity index is 1.54. The summed E-state index contributed by atoms with van der Waals surface area (Å²) in [6.07, 6.45) is 2.32. The van der Waals surface area contributed by atoms with E-state index >= 15 is 0 Å². The molecule has 0 bridgehead atoms. The minimum atomic E-state index is -0.153. The summed E-state index contributed by atoms with van der Waals surface area (Å²) in [6.45, 7) is 2.57. The SMILES string of the molecule is O=C(COCC1CC1)N1CCO[C@@H](c2ccccc2Cl)C1. The first-order valence-corrected chi connectivity index (χ1v) is 7.83. The van der Waals surface area contributed by atoms with E-state index in [2.05, 4.69) is 0 Å². The minimum Gasteiger partial charge on any atom is -0.371 e. The Bertz CT molecular complexity index is 504. The lowest BCUT2D eigenvalue weighted by Crippen LogP contribution is -2.44. The zero-order valence-electron chi connectivity index (χ0n) is 12.0. The average molecular weight is 310 g/mol. The summed E-state index contributed by atoms with van der Waals surface area (Å²) in [5, 5.41) is 0.682. The molecule has 5 heteroatoms. The summed E-state index contributed by atoms with van der Waals surface area (Å²) in [6, 6.07) is 7.62. The van der Waals surface area contributed by atoms with Crippen LogP contribution in [0.1, 0.15) is 24.5 Å². The van der Waals surface area contributed by atoms with E-state index in [1.54, 1.807) is 0 Å². The highest BCUT2D eigenvalue weighted by atomic mass is 35.5. The summed E-state index contributed by atoms with van der Waals surface area (Å²) in [4.78, 5) is 14.0. The predicted octanol–water partition coefficient (Wildman–Crippen LogP) is 2.67. The van der Waals surface area contributed by atoms with E-state index in [0.29, 0.717) is 37.2 Å². The van der Waals surface area contributed by atoms with Gasteiger partial charge in [-0.1, -0.05) is 29.8 Å². The van der Waals surface area contributed by atoms with E-state index in [1.165, 1.54) is 12.8 Å². The van der Waals surface area contributed by atoms with Crippen molar-refractivity contribution < 1.29 is 14.3 Å². The van der Waals surface area contributed by atoms with Gasteiger partial charge in [-0.2, -0.15) is 0 Å². The monoisotopic (exact) mass is 309 g/mol. The van der Waals surface area contributed by atoms with Crippen LogP contribution in [0.15, 0.2) is 24.3 Å². The lowest BCUT2D eigenvalue weighted by Gasteiger charge is -2.33. The van der Waals surface area contributed by atoms with Crippen molar-refractivity contribution >= 4 is 17.5 Å². The molecule has 1 aromatic carbocycles. The Morgan fingerprint density at radius 1 is 1.38 bits per heavy atom. The van der Waals surface area contributed by atoms with Gasteiger partial charge in [0.15, 0.2) is 0 Å². The van der Waals surface area contributed by atoms with Gasteiger partial charge in [0.05, 0.1) is 19.8 Å². The summed E-state index contributed by atoms with van der Waals surface area (Å²) in [5.41, 5.74) is 0.940. The van der Waals surface area contributed by atoms with Crippen LogP contribution in [-0.2, 0) is 14.3 Å². The first-order valence-electron chi connectivity index (χ1n) is 7.45. The standard InChI is InChI=1S/C16H20ClNO3/c17-14-4-2-1-3-13(14)15-9-18(7-8-21-15)16(19)11-20-10-12-5-6-12/h1-4,12,15H,5-11H2/t15-/m1/s1. The third-order valence-corrected chi connectivity index (χ3v) is 4.29. The van der Waals surface area contributed by atoms with Crippen molar-refractivity contribution in [3.05, 3.63) is 34.9 Å². The summed E-state index contributed by atoms with van der Waals surface area (Å²) < 4.78 is 11.2. The Morgan fingerprint density at radius 3 is 2.95 bits per heavy atom. The average Bonchev–Trinajstić information content (AvgIpc) is 3.32. The molecule has 1 saturated carbocycles. The molecule has 0 radical (unpaired) electrons. The number of hydrogen-bond donors (Lipinski definition) is 0. The third-order valence-electron chi connectivity index (χ3n) is 3.95. The van der Waals surface area contributed by atoms with Crippen LogP contribution < -0.4 is 0 Å². The lowest BCUT2D eigenvalue weighted by atomic mass is 10.1. The second-order valence-corrected chi connectivity index (χ2v) is 6.09. The molecule has 4 nitrogen and oxygen atoms in total. The fourth-order valence-corrected chi connectivity index (χ4v) is 2.75. The smallest absolute Gasteiger partial charge is 0.248 e. The molecule has 2 fully saturated rings. The predicted molar refractivity (Wildman–Crippen MR) is 80.3 cm³/mol. The van der Waals surface area contributed by atoms with Crippen LogP contribution >= 0.6 is 11.6 Å². The Morgan fingerprint density at radius 2 is 2.19 bits per heavy atom. The van der Waals surface area contributed by atoms with E-state index in [0.717, 1.165) is 5.56 Å². The van der Waals surface area contributed by atoms with Gasteiger partial charge in [0.2, 0.25) is 5.91 Å². The summed E-state index contributed by atoms with van der Waals surface area (Å²) in [5.74, 6) is 0.717. The van der Waals surface area contributed by atoms with Crippen LogP contribution in [0.25, 0.3) is 0 Å². The van der Waals surface area contributed by atoms with Crippen molar-refractivity contribution in [3.63, 3.8) is 0 Å². The van der Waals surface area contributed by atoms with Crippen LogP contribution in [0.4, 0.5) is 0 Å². The number of carbonyl (C=O) groups is 1. The lowest BCUT2D eigenvalue weighted by molar-refractivity contribution is -0.144. The van der Waals surface area contributed by atoms with E-state index in [9.17, 15) is 4.79 Å². The zero-order valence-corrected chi connectivity index (χ0v) is 12.7. The maximum Gasteiger partial charge on any atom is 0.248 e. The van der Waals surface area contributed by atoms with Crippen molar-refractivity contribution in [2.45, 2.75) is 18.9 Å². The molecule has 0 aromatic heterocycles. The van der Waals surface area contributed by atoms with Crippen LogP contribution in [0.2, 0.25) is 5.02 Å². The van der Waals surface area contributed by atoms with Crippen LogP contribution in [0.5, 0.6) is 0 Å². The molecule has 3 rings (SSSR count). The highest BCUT2D eigenvalue weighted by molar-refractivity contribution is 6.31. The van der Waals surface area contributed by atoms with Gasteiger partial charge in [-0.3, -0.25) is 4.79 Å². The minimum absolute atomic E-state index is 0.0380. The van der Waals surface area contributed by atoms with Crippen LogP contribution in [0.3, 0.4) is 0 Å². The fourth-order valence-electron chi connectivity index (χ4n) is 2.49. The fraction of sp³-hybridized carbons (Fsp3) is 0.562. The Hall–Kier alpha value is -1.10. The van der Waals surface area contributed by atoms with Gasteiger partial charge in [-0.15, -0.1) is 0 Å². The largest absolute Gasteiger partial charge is 0.371 e. The van der Waals surface area contributed by atoms with E-state index in [-0.39, 0.29) is 18.6 Å². The second kappa shape index (κ2) is 6.77. The second-order valence-electron chi connectivity index (χ2n) is 5.68. The highest BCUT2D eigenvalue weighted by Gasteiger charge is 2.27. The highest BCUT2D eigenvalue weighted by Crippen LogP contribution is 2.29. The molecule has 1 heterocycles. The van der Waals surface area contributed by atoms with Gasteiger partial charge in [-0.25, -0.2) is 0 Å². The van der Waals surface area contributed by atoms with Crippen LogP contribution in [0, 0.1) is 5.92 Å². The third kappa shape index (κ3) is 3.96. The van der Waals surface area contributed by atoms with Gasteiger partial charge >= 0.3 is 0 Å². The number of ether oxygens (including phenoxy) is 2. The van der Waals surface area contributed by atoms with E-state index in [1.807, 2.05) is 29.2 Å². The van der Waals surface area contributed by atoms with Crippen molar-refractivity contribution in [1.29, 1.82) is 0 Å². The normalized spacial score (nSPS) is 22.3. The molecule has 1 aromatic rings. The summed E-state index contributed by atoms with van der Waals surface area (Å²) in [7, 11) is 0. The number of carbonyl (C=O) groups excluding carboxylic acids is 1. The quantitative estimate of drug-likeness (QED) is 0.839. The van der Waals surface area contributed by atoms with Crippen molar-refractivity contribution in [2.24, 2.45) is 5.92 Å². The molecule has 114 valence electrons. The number of morpholine rings is 1. The summed E-state index contributed by atoms with van der Waals surface area (Å²) >= 11 is 6.20. The molecule has 0 unspecified atom stereocenters. The van der Waals surface area contributed by atoms with Crippen molar-refractivity contribution in [1.82, 2.24) is 4.90 Å². The maximum absolute atomic E-state index is 12.2. The number of nitrogens with zero attached hydrogens (tertiary/aromatic N) is 1. The van der Waals surface area contributed by atoms with Crippen LogP contribution in [-0.4, -0.2) is 43.7 Å². The van der Waals surface area contributed by atoms with E-state index in [4.69, 9.17) is 21.1 Å². The molecule has 2 aliphatic rings. The molecule has 1 amide bonds. The Labute approximate surface area is 130 Å². The van der Waals surface area contributed by atoms with Gasteiger partial charge in [0.25, 0.3) is 0 Å². The topological polar surface area (TPSA) is 38.8 Å². The van der Waals surface area contributed by atoms with Gasteiger partial charge in [-0.05, 0) is 24.8 Å². The number of benzene rings is 1. The van der Waals surface area contributed by atoms with Crippen molar-refractivity contribution in [2.75, 3.05) is 32.9 Å². The zero-order chi connectivity index (χ0) is 14.7. The molecule has 1 atom stereocenters. The molecular weight excluding hydrogens is 290 g/mol. The first-order chi connectivity index (χ1) is 10.2. The molecule has 1 aliphatic carbocycles. The maximum atomic E-state index is 12.2. The number of rotatable bonds is 5. The number of hydrogen-bond acceptors (Lipinski definition) is 3.